The molecule has 4 rings (SSSR count). The number of benzene rings is 3. The summed E-state index contributed by atoms with van der Waals surface area (Å²) < 4.78 is 0. The van der Waals surface area contributed by atoms with Gasteiger partial charge in [0.1, 0.15) is 0 Å². The molecule has 2 heteroatoms. The predicted octanol–water partition coefficient (Wildman–Crippen LogP) is 6.48. The van der Waals surface area contributed by atoms with Gasteiger partial charge in [-0.15, -0.1) is 0 Å². The Morgan fingerprint density at radius 2 is 1.21 bits per heavy atom. The van der Waals surface area contributed by atoms with Crippen LogP contribution in [0.3, 0.4) is 0 Å². The quantitative estimate of drug-likeness (QED) is 0.318. The molecule has 1 aliphatic carbocycles. The summed E-state index contributed by atoms with van der Waals surface area (Å²) >= 11 is 0. The highest BCUT2D eigenvalue weighted by atomic mass is 31.1. The smallest absolute Gasteiger partial charge is 0.0503 e. The van der Waals surface area contributed by atoms with E-state index in [1.54, 1.807) is 0 Å². The minimum absolute atomic E-state index is 0.506. The van der Waals surface area contributed by atoms with Gasteiger partial charge in [0.05, 0.1) is 6.04 Å². The van der Waals surface area contributed by atoms with Crippen molar-refractivity contribution in [2.75, 3.05) is 0 Å². The number of nitrogens with zero attached hydrogens (tertiary/aromatic N) is 1. The molecule has 0 aliphatic heterocycles. The fourth-order valence-electron chi connectivity index (χ4n) is 4.16. The highest BCUT2D eigenvalue weighted by molar-refractivity contribution is 7.88. The van der Waals surface area contributed by atoms with Gasteiger partial charge in [-0.2, -0.15) is 0 Å². The van der Waals surface area contributed by atoms with E-state index in [1.807, 2.05) is 0 Å². The molecule has 0 radical (unpaired) electrons. The maximum atomic E-state index is 5.45. The Morgan fingerprint density at radius 3 is 1.76 bits per heavy atom. The van der Waals surface area contributed by atoms with Crippen molar-refractivity contribution in [1.82, 2.24) is 0 Å². The second-order valence-electron chi connectivity index (χ2n) is 7.83. The zero-order valence-electron chi connectivity index (χ0n) is 17.1. The second-order valence-corrected chi connectivity index (χ2v) is 10.0. The number of rotatable bonds is 7. The average molecular weight is 400 g/mol. The fraction of sp³-hybridized carbons (Fsp3) is 0.296. The molecule has 0 heterocycles. The van der Waals surface area contributed by atoms with Gasteiger partial charge < -0.3 is 0 Å². The van der Waals surface area contributed by atoms with E-state index in [-0.39, 0.29) is 0 Å². The first-order valence-electron chi connectivity index (χ1n) is 10.9. The first-order chi connectivity index (χ1) is 14.4. The monoisotopic (exact) mass is 399 g/mol. The molecule has 0 bridgehead atoms. The van der Waals surface area contributed by atoms with Crippen molar-refractivity contribution in [3.8, 4) is 0 Å². The van der Waals surface area contributed by atoms with E-state index in [0.717, 1.165) is 12.8 Å². The summed E-state index contributed by atoms with van der Waals surface area (Å²) in [6, 6.07) is 33.4. The summed E-state index contributed by atoms with van der Waals surface area (Å²) in [7, 11) is -0.585. The Kier molecular flexibility index (Phi) is 7.27. The van der Waals surface area contributed by atoms with E-state index in [0.29, 0.717) is 6.04 Å². The lowest BCUT2D eigenvalue weighted by atomic mass is 9.96. The molecular formula is C27H30NP. The molecule has 1 nitrogen and oxygen atoms in total. The molecule has 3 aromatic carbocycles. The molecule has 1 fully saturated rings. The van der Waals surface area contributed by atoms with E-state index in [4.69, 9.17) is 4.99 Å². The third-order valence-electron chi connectivity index (χ3n) is 5.67. The van der Waals surface area contributed by atoms with Crippen molar-refractivity contribution in [3.05, 3.63) is 96.6 Å². The Hall–Kier alpha value is -2.24. The third-order valence-corrected chi connectivity index (χ3v) is 8.16. The molecule has 0 N–H and O–H groups in total. The first kappa shape index (κ1) is 20.0. The molecule has 29 heavy (non-hydrogen) atoms. The molecular weight excluding hydrogens is 369 g/mol. The largest absolute Gasteiger partial charge is 0.285 e. The topological polar surface area (TPSA) is 12.4 Å². The van der Waals surface area contributed by atoms with Gasteiger partial charge >= 0.3 is 0 Å². The second kappa shape index (κ2) is 10.5. The zero-order chi connectivity index (χ0) is 19.7. The van der Waals surface area contributed by atoms with Gasteiger partial charge in [-0.1, -0.05) is 110 Å². The molecule has 0 amide bonds. The van der Waals surface area contributed by atoms with Crippen LogP contribution in [0.1, 0.15) is 44.1 Å². The number of aliphatic imine (C=N–C) groups is 1. The van der Waals surface area contributed by atoms with Gasteiger partial charge in [0.15, 0.2) is 0 Å². The van der Waals surface area contributed by atoms with Crippen LogP contribution in [-0.4, -0.2) is 11.5 Å². The molecule has 0 unspecified atom stereocenters. The third kappa shape index (κ3) is 5.64. The van der Waals surface area contributed by atoms with Crippen molar-refractivity contribution in [1.29, 1.82) is 0 Å². The predicted molar refractivity (Wildman–Crippen MR) is 128 cm³/mol. The standard InChI is InChI=1S/C27H30NP/c1-5-13-23(14-6-1)21-22-27(28-24-15-7-2-8-16-24)29(25-17-9-3-10-18-25)26-19-11-4-12-20-26/h1,3-6,9-14,17-20,24H,2,7-8,15-16,21-22H2. The molecule has 0 atom stereocenters. The van der Waals surface area contributed by atoms with Crippen LogP contribution in [0.25, 0.3) is 0 Å². The minimum atomic E-state index is -0.585. The van der Waals surface area contributed by atoms with Crippen LogP contribution in [0.15, 0.2) is 96.0 Å². The lowest BCUT2D eigenvalue weighted by Gasteiger charge is -2.25. The van der Waals surface area contributed by atoms with Crippen LogP contribution < -0.4 is 10.6 Å². The van der Waals surface area contributed by atoms with Gasteiger partial charge in [0.25, 0.3) is 0 Å². The van der Waals surface area contributed by atoms with Crippen LogP contribution in [0.4, 0.5) is 0 Å². The summed E-state index contributed by atoms with van der Waals surface area (Å²) in [6.07, 6.45) is 8.63. The summed E-state index contributed by atoms with van der Waals surface area (Å²) in [5, 5.41) is 2.83. The normalized spacial score (nSPS) is 15.6. The molecule has 3 aromatic rings. The Morgan fingerprint density at radius 1 is 0.690 bits per heavy atom. The van der Waals surface area contributed by atoms with E-state index < -0.39 is 7.92 Å². The van der Waals surface area contributed by atoms with Crippen molar-refractivity contribution in [2.24, 2.45) is 4.99 Å². The zero-order valence-corrected chi connectivity index (χ0v) is 18.0. The van der Waals surface area contributed by atoms with Crippen molar-refractivity contribution in [3.63, 3.8) is 0 Å². The fourth-order valence-corrected chi connectivity index (χ4v) is 6.61. The van der Waals surface area contributed by atoms with Crippen molar-refractivity contribution >= 4 is 24.0 Å². The average Bonchev–Trinajstić information content (AvgIpc) is 2.80. The van der Waals surface area contributed by atoms with Crippen LogP contribution in [0, 0.1) is 0 Å². The minimum Gasteiger partial charge on any atom is -0.285 e. The SMILES string of the molecule is c1ccc(CCC(=NC2CCCCC2)P(c2ccccc2)c2ccccc2)cc1. The molecule has 1 aliphatic rings. The maximum absolute atomic E-state index is 5.45. The summed E-state index contributed by atoms with van der Waals surface area (Å²) in [5.74, 6) is 0. The van der Waals surface area contributed by atoms with Gasteiger partial charge in [0, 0.05) is 13.4 Å². The molecule has 1 saturated carbocycles. The van der Waals surface area contributed by atoms with Crippen LogP contribution in [0.5, 0.6) is 0 Å². The molecule has 0 aromatic heterocycles. The van der Waals surface area contributed by atoms with Gasteiger partial charge in [-0.25, -0.2) is 0 Å². The lowest BCUT2D eigenvalue weighted by Crippen LogP contribution is -2.21. The van der Waals surface area contributed by atoms with E-state index >= 15 is 0 Å². The highest BCUT2D eigenvalue weighted by Crippen LogP contribution is 2.39. The first-order valence-corrected chi connectivity index (χ1v) is 12.2. The van der Waals surface area contributed by atoms with Crippen LogP contribution >= 0.6 is 7.92 Å². The van der Waals surface area contributed by atoms with E-state index in [2.05, 4.69) is 91.0 Å². The van der Waals surface area contributed by atoms with Gasteiger partial charge in [0.2, 0.25) is 0 Å². The highest BCUT2D eigenvalue weighted by Gasteiger charge is 2.22. The molecule has 0 spiro atoms. The molecule has 0 saturated heterocycles. The number of hydrogen-bond donors (Lipinski definition) is 0. The Labute approximate surface area is 176 Å². The van der Waals surface area contributed by atoms with Crippen molar-refractivity contribution in [2.45, 2.75) is 51.0 Å². The van der Waals surface area contributed by atoms with Crippen molar-refractivity contribution < 1.29 is 0 Å². The van der Waals surface area contributed by atoms with Gasteiger partial charge in [-0.3, -0.25) is 4.99 Å². The Balaban J connectivity index is 1.69. The van der Waals surface area contributed by atoms with Gasteiger partial charge in [-0.05, 0) is 41.9 Å². The van der Waals surface area contributed by atoms with E-state index in [1.165, 1.54) is 53.7 Å². The number of hydrogen-bond acceptors (Lipinski definition) is 1. The molecule has 148 valence electrons. The maximum Gasteiger partial charge on any atom is 0.0503 e. The number of aryl methyl sites for hydroxylation is 1. The lowest BCUT2D eigenvalue weighted by molar-refractivity contribution is 0.443. The van der Waals surface area contributed by atoms with Crippen LogP contribution in [-0.2, 0) is 6.42 Å². The van der Waals surface area contributed by atoms with E-state index in [9.17, 15) is 0 Å². The Bertz CT molecular complexity index is 844. The summed E-state index contributed by atoms with van der Waals surface area (Å²) in [4.78, 5) is 5.45. The summed E-state index contributed by atoms with van der Waals surface area (Å²) in [5.41, 5.74) is 2.81. The van der Waals surface area contributed by atoms with Crippen LogP contribution in [0.2, 0.25) is 0 Å². The summed E-state index contributed by atoms with van der Waals surface area (Å²) in [6.45, 7) is 0.